The van der Waals surface area contributed by atoms with Crippen molar-refractivity contribution in [3.05, 3.63) is 35.6 Å². The van der Waals surface area contributed by atoms with Gasteiger partial charge in [0.15, 0.2) is 0 Å². The summed E-state index contributed by atoms with van der Waals surface area (Å²) in [4.78, 5) is 16.1. The lowest BCUT2D eigenvalue weighted by Gasteiger charge is -2.25. The average Bonchev–Trinajstić information content (AvgIpc) is 3.04. The molecule has 1 N–H and O–H groups in total. The van der Waals surface area contributed by atoms with E-state index >= 15 is 0 Å². The minimum atomic E-state index is -0.283. The van der Waals surface area contributed by atoms with E-state index in [1.54, 1.807) is 23.1 Å². The molecule has 0 aromatic heterocycles. The number of ether oxygens (including phenoxy) is 1. The van der Waals surface area contributed by atoms with Gasteiger partial charge in [0.05, 0.1) is 12.6 Å². The molecular weight excluding hydrogens is 297 g/mol. The van der Waals surface area contributed by atoms with Gasteiger partial charge in [-0.05, 0) is 33.0 Å². The summed E-state index contributed by atoms with van der Waals surface area (Å²) in [5, 5.41) is 2.91. The van der Waals surface area contributed by atoms with Gasteiger partial charge in [-0.3, -0.25) is 0 Å². The van der Waals surface area contributed by atoms with Crippen LogP contribution in [-0.2, 0) is 11.3 Å². The average molecular weight is 323 g/mol. The molecule has 1 saturated heterocycles. The number of halogens is 1. The van der Waals surface area contributed by atoms with Crippen molar-refractivity contribution < 1.29 is 13.9 Å². The molecule has 0 aliphatic carbocycles. The molecule has 1 atom stereocenters. The maximum atomic E-state index is 13.9. The Balaban J connectivity index is 1.94. The summed E-state index contributed by atoms with van der Waals surface area (Å²) in [7, 11) is 3.90. The SMILES string of the molecule is CN(C)CCN(Cc1ccccc1F)C(=O)NC[C@H]1CCCO1. The van der Waals surface area contributed by atoms with Crippen LogP contribution in [0.5, 0.6) is 0 Å². The van der Waals surface area contributed by atoms with Gasteiger partial charge in [0.1, 0.15) is 5.82 Å². The minimum absolute atomic E-state index is 0.100. The van der Waals surface area contributed by atoms with Crippen LogP contribution < -0.4 is 5.32 Å². The highest BCUT2D eigenvalue weighted by Gasteiger charge is 2.20. The molecule has 2 amide bonds. The molecule has 1 aliphatic heterocycles. The lowest BCUT2D eigenvalue weighted by molar-refractivity contribution is 0.108. The van der Waals surface area contributed by atoms with E-state index in [4.69, 9.17) is 4.74 Å². The first-order valence-corrected chi connectivity index (χ1v) is 8.09. The van der Waals surface area contributed by atoms with E-state index in [1.165, 1.54) is 6.07 Å². The number of nitrogens with one attached hydrogen (secondary N) is 1. The molecule has 2 rings (SSSR count). The molecule has 128 valence electrons. The van der Waals surface area contributed by atoms with Crippen molar-refractivity contribution in [3.63, 3.8) is 0 Å². The smallest absolute Gasteiger partial charge is 0.317 e. The Morgan fingerprint density at radius 3 is 2.78 bits per heavy atom. The Morgan fingerprint density at radius 1 is 1.35 bits per heavy atom. The Hall–Kier alpha value is -1.66. The first-order valence-electron chi connectivity index (χ1n) is 8.09. The second kappa shape index (κ2) is 8.84. The predicted octanol–water partition coefficient (Wildman–Crippen LogP) is 2.08. The number of carbonyl (C=O) groups is 1. The van der Waals surface area contributed by atoms with Gasteiger partial charge in [-0.25, -0.2) is 9.18 Å². The summed E-state index contributed by atoms with van der Waals surface area (Å²) in [5.41, 5.74) is 0.526. The number of carbonyl (C=O) groups excluding carboxylic acids is 1. The predicted molar refractivity (Wildman–Crippen MR) is 87.7 cm³/mol. The van der Waals surface area contributed by atoms with Crippen LogP contribution in [0.25, 0.3) is 0 Å². The third kappa shape index (κ3) is 5.80. The molecule has 0 unspecified atom stereocenters. The number of hydrogen-bond donors (Lipinski definition) is 1. The van der Waals surface area contributed by atoms with Crippen molar-refractivity contribution in [3.8, 4) is 0 Å². The summed E-state index contributed by atoms with van der Waals surface area (Å²) in [6, 6.07) is 6.40. The van der Waals surface area contributed by atoms with Gasteiger partial charge in [0.25, 0.3) is 0 Å². The van der Waals surface area contributed by atoms with E-state index in [1.807, 2.05) is 19.0 Å². The Labute approximate surface area is 137 Å². The molecule has 1 aliphatic rings. The molecule has 1 aromatic rings. The number of likely N-dealkylation sites (N-methyl/N-ethyl adjacent to an activating group) is 1. The standard InChI is InChI=1S/C17H26FN3O2/c1-20(2)9-10-21(13-14-6-3-4-8-16(14)18)17(22)19-12-15-7-5-11-23-15/h3-4,6,8,15H,5,7,9-13H2,1-2H3,(H,19,22)/t15-/m1/s1. The maximum absolute atomic E-state index is 13.9. The summed E-state index contributed by atoms with van der Waals surface area (Å²) in [5.74, 6) is -0.283. The van der Waals surface area contributed by atoms with Crippen LogP contribution in [0.2, 0.25) is 0 Å². The van der Waals surface area contributed by atoms with Crippen LogP contribution in [0.1, 0.15) is 18.4 Å². The summed E-state index contributed by atoms with van der Waals surface area (Å²) < 4.78 is 19.4. The molecule has 5 nitrogen and oxygen atoms in total. The zero-order valence-corrected chi connectivity index (χ0v) is 13.9. The normalized spacial score (nSPS) is 17.5. The summed E-state index contributed by atoms with van der Waals surface area (Å²) >= 11 is 0. The topological polar surface area (TPSA) is 44.8 Å². The van der Waals surface area contributed by atoms with Crippen molar-refractivity contribution in [2.75, 3.05) is 40.3 Å². The zero-order chi connectivity index (χ0) is 16.7. The van der Waals surface area contributed by atoms with Crippen LogP contribution in [0, 0.1) is 5.82 Å². The second-order valence-corrected chi connectivity index (χ2v) is 6.14. The Kier molecular flexibility index (Phi) is 6.80. The van der Waals surface area contributed by atoms with E-state index in [2.05, 4.69) is 5.32 Å². The monoisotopic (exact) mass is 323 g/mol. The fourth-order valence-electron chi connectivity index (χ4n) is 2.52. The number of hydrogen-bond acceptors (Lipinski definition) is 3. The van der Waals surface area contributed by atoms with Gasteiger partial charge in [-0.2, -0.15) is 0 Å². The van der Waals surface area contributed by atoms with Crippen molar-refractivity contribution in [1.82, 2.24) is 15.1 Å². The van der Waals surface area contributed by atoms with E-state index in [0.717, 1.165) is 26.0 Å². The first kappa shape index (κ1) is 17.7. The van der Waals surface area contributed by atoms with Crippen LogP contribution in [-0.4, -0.2) is 62.3 Å². The van der Waals surface area contributed by atoms with Crippen LogP contribution in [0.15, 0.2) is 24.3 Å². The molecule has 0 spiro atoms. The van der Waals surface area contributed by atoms with E-state index in [9.17, 15) is 9.18 Å². The van der Waals surface area contributed by atoms with Gasteiger partial charge in [-0.1, -0.05) is 18.2 Å². The van der Waals surface area contributed by atoms with Crippen LogP contribution >= 0.6 is 0 Å². The molecule has 1 heterocycles. The molecule has 0 radical (unpaired) electrons. The van der Waals surface area contributed by atoms with Gasteiger partial charge < -0.3 is 19.9 Å². The Morgan fingerprint density at radius 2 is 2.13 bits per heavy atom. The molecule has 6 heteroatoms. The molecular formula is C17H26FN3O2. The number of amides is 2. The maximum Gasteiger partial charge on any atom is 0.317 e. The molecule has 1 fully saturated rings. The molecule has 1 aromatic carbocycles. The van der Waals surface area contributed by atoms with Gasteiger partial charge in [0.2, 0.25) is 0 Å². The fourth-order valence-corrected chi connectivity index (χ4v) is 2.52. The van der Waals surface area contributed by atoms with Gasteiger partial charge in [-0.15, -0.1) is 0 Å². The first-order chi connectivity index (χ1) is 11.1. The second-order valence-electron chi connectivity index (χ2n) is 6.14. The minimum Gasteiger partial charge on any atom is -0.376 e. The van der Waals surface area contributed by atoms with Gasteiger partial charge >= 0.3 is 6.03 Å². The number of rotatable bonds is 7. The van der Waals surface area contributed by atoms with E-state index in [0.29, 0.717) is 18.7 Å². The quantitative estimate of drug-likeness (QED) is 0.835. The summed E-state index contributed by atoms with van der Waals surface area (Å²) in [6.45, 7) is 2.80. The highest BCUT2D eigenvalue weighted by molar-refractivity contribution is 5.74. The molecule has 0 bridgehead atoms. The number of benzene rings is 1. The fraction of sp³-hybridized carbons (Fsp3) is 0.588. The largest absolute Gasteiger partial charge is 0.376 e. The highest BCUT2D eigenvalue weighted by Crippen LogP contribution is 2.12. The van der Waals surface area contributed by atoms with Gasteiger partial charge in [0, 0.05) is 31.8 Å². The van der Waals surface area contributed by atoms with Crippen molar-refractivity contribution >= 4 is 6.03 Å². The molecule has 23 heavy (non-hydrogen) atoms. The third-order valence-electron chi connectivity index (χ3n) is 3.93. The van der Waals surface area contributed by atoms with Crippen LogP contribution in [0.3, 0.4) is 0 Å². The number of urea groups is 1. The van der Waals surface area contributed by atoms with E-state index < -0.39 is 0 Å². The number of nitrogens with zero attached hydrogens (tertiary/aromatic N) is 2. The molecule has 0 saturated carbocycles. The van der Waals surface area contributed by atoms with Crippen LogP contribution in [0.4, 0.5) is 9.18 Å². The van der Waals surface area contributed by atoms with Crippen molar-refractivity contribution in [1.29, 1.82) is 0 Å². The summed E-state index contributed by atoms with van der Waals surface area (Å²) in [6.07, 6.45) is 2.12. The zero-order valence-electron chi connectivity index (χ0n) is 13.9. The van der Waals surface area contributed by atoms with E-state index in [-0.39, 0.29) is 24.5 Å². The van der Waals surface area contributed by atoms with Crippen molar-refractivity contribution in [2.45, 2.75) is 25.5 Å². The van der Waals surface area contributed by atoms with Crippen molar-refractivity contribution in [2.24, 2.45) is 0 Å². The Bertz CT molecular complexity index is 504. The lowest BCUT2D eigenvalue weighted by Crippen LogP contribution is -2.44. The lowest BCUT2D eigenvalue weighted by atomic mass is 10.2. The third-order valence-corrected chi connectivity index (χ3v) is 3.93. The highest BCUT2D eigenvalue weighted by atomic mass is 19.1.